The lowest BCUT2D eigenvalue weighted by Gasteiger charge is -2.40. The Morgan fingerprint density at radius 1 is 1.33 bits per heavy atom. The van der Waals surface area contributed by atoms with E-state index in [2.05, 4.69) is 24.5 Å². The first-order valence-corrected chi connectivity index (χ1v) is 8.77. The standard InChI is InChI=1S/C17H33N3O/c1-4-7-14-12-15(14)20-16(18-5-2)19-13-17(8-6-9-17)10-11-21-3/h14-15H,4-13H2,1-3H3,(H2,18,19,20). The van der Waals surface area contributed by atoms with E-state index in [0.29, 0.717) is 11.5 Å². The minimum Gasteiger partial charge on any atom is -0.385 e. The molecule has 0 saturated heterocycles. The van der Waals surface area contributed by atoms with Gasteiger partial charge in [0.2, 0.25) is 0 Å². The second-order valence-electron chi connectivity index (χ2n) is 6.83. The molecule has 2 unspecified atom stereocenters. The summed E-state index contributed by atoms with van der Waals surface area (Å²) in [4.78, 5) is 4.87. The van der Waals surface area contributed by atoms with Gasteiger partial charge >= 0.3 is 0 Å². The molecule has 0 amide bonds. The highest BCUT2D eigenvalue weighted by Crippen LogP contribution is 2.44. The molecule has 122 valence electrons. The molecule has 0 aromatic carbocycles. The predicted molar refractivity (Wildman–Crippen MR) is 88.7 cm³/mol. The fourth-order valence-corrected chi connectivity index (χ4v) is 3.34. The van der Waals surface area contributed by atoms with Gasteiger partial charge < -0.3 is 15.4 Å². The highest BCUT2D eigenvalue weighted by Gasteiger charge is 2.38. The monoisotopic (exact) mass is 295 g/mol. The van der Waals surface area contributed by atoms with Gasteiger partial charge in [0, 0.05) is 32.8 Å². The van der Waals surface area contributed by atoms with E-state index in [-0.39, 0.29) is 0 Å². The average molecular weight is 295 g/mol. The van der Waals surface area contributed by atoms with E-state index in [1.54, 1.807) is 7.11 Å². The maximum atomic E-state index is 5.26. The SMILES string of the molecule is CCCC1CC1NC(=NCC1(CCOC)CCC1)NCC. The first-order valence-electron chi connectivity index (χ1n) is 8.77. The number of ether oxygens (including phenoxy) is 1. The first-order chi connectivity index (χ1) is 10.2. The molecule has 2 atom stereocenters. The van der Waals surface area contributed by atoms with Crippen molar-refractivity contribution < 1.29 is 4.74 Å². The summed E-state index contributed by atoms with van der Waals surface area (Å²) >= 11 is 0. The van der Waals surface area contributed by atoms with Crippen LogP contribution in [-0.2, 0) is 4.74 Å². The van der Waals surface area contributed by atoms with Crippen LogP contribution in [0.15, 0.2) is 4.99 Å². The summed E-state index contributed by atoms with van der Waals surface area (Å²) < 4.78 is 5.26. The lowest BCUT2D eigenvalue weighted by atomic mass is 9.67. The van der Waals surface area contributed by atoms with Crippen molar-refractivity contribution in [1.29, 1.82) is 0 Å². The van der Waals surface area contributed by atoms with E-state index in [1.807, 2.05) is 0 Å². The van der Waals surface area contributed by atoms with Crippen LogP contribution in [0.4, 0.5) is 0 Å². The smallest absolute Gasteiger partial charge is 0.191 e. The number of hydrogen-bond acceptors (Lipinski definition) is 2. The van der Waals surface area contributed by atoms with Gasteiger partial charge in [-0.15, -0.1) is 0 Å². The number of guanidine groups is 1. The van der Waals surface area contributed by atoms with E-state index in [1.165, 1.54) is 38.5 Å². The molecule has 0 aliphatic heterocycles. The van der Waals surface area contributed by atoms with Crippen LogP contribution in [0.2, 0.25) is 0 Å². The molecule has 0 bridgehead atoms. The number of rotatable bonds is 9. The minimum atomic E-state index is 0.407. The largest absolute Gasteiger partial charge is 0.385 e. The number of nitrogens with zero attached hydrogens (tertiary/aromatic N) is 1. The van der Waals surface area contributed by atoms with Gasteiger partial charge in [0.25, 0.3) is 0 Å². The van der Waals surface area contributed by atoms with E-state index >= 15 is 0 Å². The van der Waals surface area contributed by atoms with Crippen molar-refractivity contribution in [3.63, 3.8) is 0 Å². The zero-order valence-electron chi connectivity index (χ0n) is 14.1. The topological polar surface area (TPSA) is 45.7 Å². The van der Waals surface area contributed by atoms with Gasteiger partial charge in [-0.3, -0.25) is 4.99 Å². The Kier molecular flexibility index (Phi) is 6.34. The third-order valence-electron chi connectivity index (χ3n) is 5.07. The van der Waals surface area contributed by atoms with Crippen LogP contribution in [-0.4, -0.2) is 38.8 Å². The van der Waals surface area contributed by atoms with Gasteiger partial charge in [0.05, 0.1) is 0 Å². The fraction of sp³-hybridized carbons (Fsp3) is 0.941. The van der Waals surface area contributed by atoms with Gasteiger partial charge in [-0.1, -0.05) is 19.8 Å². The number of aliphatic imine (C=N–C) groups is 1. The molecule has 2 fully saturated rings. The third-order valence-corrected chi connectivity index (χ3v) is 5.07. The quantitative estimate of drug-likeness (QED) is 0.508. The summed E-state index contributed by atoms with van der Waals surface area (Å²) in [6.07, 6.45) is 9.06. The molecule has 0 spiro atoms. The highest BCUT2D eigenvalue weighted by atomic mass is 16.5. The van der Waals surface area contributed by atoms with Gasteiger partial charge in [0.1, 0.15) is 0 Å². The third kappa shape index (κ3) is 4.87. The summed E-state index contributed by atoms with van der Waals surface area (Å²) in [6, 6.07) is 0.652. The van der Waals surface area contributed by atoms with E-state index in [4.69, 9.17) is 9.73 Å². The normalized spacial score (nSPS) is 27.1. The molecule has 0 aromatic heterocycles. The number of nitrogens with one attached hydrogen (secondary N) is 2. The Morgan fingerprint density at radius 2 is 2.14 bits per heavy atom. The lowest BCUT2D eigenvalue weighted by molar-refractivity contribution is 0.0778. The van der Waals surface area contributed by atoms with E-state index < -0.39 is 0 Å². The van der Waals surface area contributed by atoms with Crippen molar-refractivity contribution in [2.45, 2.75) is 64.8 Å². The Labute approximate surface area is 130 Å². The van der Waals surface area contributed by atoms with Gasteiger partial charge in [-0.05, 0) is 50.4 Å². The van der Waals surface area contributed by atoms with Crippen LogP contribution >= 0.6 is 0 Å². The van der Waals surface area contributed by atoms with E-state index in [9.17, 15) is 0 Å². The van der Waals surface area contributed by atoms with Crippen molar-refractivity contribution >= 4 is 5.96 Å². The second kappa shape index (κ2) is 8.02. The molecular weight excluding hydrogens is 262 g/mol. The average Bonchev–Trinajstić information content (AvgIpc) is 3.15. The van der Waals surface area contributed by atoms with Gasteiger partial charge in [0.15, 0.2) is 5.96 Å². The second-order valence-corrected chi connectivity index (χ2v) is 6.83. The summed E-state index contributed by atoms with van der Waals surface area (Å²) in [5, 5.41) is 7.01. The van der Waals surface area contributed by atoms with Crippen LogP contribution < -0.4 is 10.6 Å². The number of methoxy groups -OCH3 is 1. The summed E-state index contributed by atoms with van der Waals surface area (Å²) in [7, 11) is 1.79. The minimum absolute atomic E-state index is 0.407. The molecule has 2 aliphatic rings. The summed E-state index contributed by atoms with van der Waals surface area (Å²) in [6.45, 7) is 7.14. The van der Waals surface area contributed by atoms with E-state index in [0.717, 1.165) is 38.0 Å². The van der Waals surface area contributed by atoms with Crippen molar-refractivity contribution in [3.05, 3.63) is 0 Å². The van der Waals surface area contributed by atoms with Crippen LogP contribution in [0, 0.1) is 11.3 Å². The van der Waals surface area contributed by atoms with Crippen molar-refractivity contribution in [2.24, 2.45) is 16.3 Å². The molecule has 21 heavy (non-hydrogen) atoms. The lowest BCUT2D eigenvalue weighted by Crippen LogP contribution is -2.41. The summed E-state index contributed by atoms with van der Waals surface area (Å²) in [5.74, 6) is 1.88. The molecule has 2 saturated carbocycles. The van der Waals surface area contributed by atoms with Crippen molar-refractivity contribution in [1.82, 2.24) is 10.6 Å². The van der Waals surface area contributed by atoms with Crippen LogP contribution in [0.1, 0.15) is 58.8 Å². The van der Waals surface area contributed by atoms with Gasteiger partial charge in [-0.2, -0.15) is 0 Å². The first kappa shape index (κ1) is 16.6. The molecule has 2 N–H and O–H groups in total. The van der Waals surface area contributed by atoms with Crippen LogP contribution in [0.25, 0.3) is 0 Å². The van der Waals surface area contributed by atoms with Crippen molar-refractivity contribution in [3.8, 4) is 0 Å². The number of hydrogen-bond donors (Lipinski definition) is 2. The van der Waals surface area contributed by atoms with Crippen LogP contribution in [0.3, 0.4) is 0 Å². The Morgan fingerprint density at radius 3 is 2.71 bits per heavy atom. The zero-order chi connectivity index (χ0) is 15.1. The molecule has 2 aliphatic carbocycles. The fourth-order valence-electron chi connectivity index (χ4n) is 3.34. The Balaban J connectivity index is 1.82. The van der Waals surface area contributed by atoms with Gasteiger partial charge in [-0.25, -0.2) is 0 Å². The molecule has 2 rings (SSSR count). The molecule has 0 radical (unpaired) electrons. The highest BCUT2D eigenvalue weighted by molar-refractivity contribution is 5.80. The molecular formula is C17H33N3O. The Bertz CT molecular complexity index is 339. The van der Waals surface area contributed by atoms with Crippen molar-refractivity contribution in [2.75, 3.05) is 26.8 Å². The maximum absolute atomic E-state index is 5.26. The molecule has 4 heteroatoms. The Hall–Kier alpha value is -0.770. The maximum Gasteiger partial charge on any atom is 0.191 e. The molecule has 4 nitrogen and oxygen atoms in total. The van der Waals surface area contributed by atoms with Crippen LogP contribution in [0.5, 0.6) is 0 Å². The molecule has 0 aromatic rings. The zero-order valence-corrected chi connectivity index (χ0v) is 14.1. The molecule has 0 heterocycles. The predicted octanol–water partition coefficient (Wildman–Crippen LogP) is 2.94. The summed E-state index contributed by atoms with van der Waals surface area (Å²) in [5.41, 5.74) is 0.407.